The lowest BCUT2D eigenvalue weighted by Gasteiger charge is -2.29. The summed E-state index contributed by atoms with van der Waals surface area (Å²) in [5, 5.41) is -0.0122. The number of benzene rings is 2. The molecule has 0 aliphatic carbocycles. The van der Waals surface area contributed by atoms with Gasteiger partial charge in [-0.2, -0.15) is 0 Å². The first-order chi connectivity index (χ1) is 9.41. The second-order valence-electron chi connectivity index (χ2n) is 4.63. The Kier molecular flexibility index (Phi) is 4.14. The Morgan fingerprint density at radius 3 is 2.45 bits per heavy atom. The lowest BCUT2D eigenvalue weighted by molar-refractivity contribution is 0.585. The average molecular weight is 297 g/mol. The van der Waals surface area contributed by atoms with Gasteiger partial charge in [-0.05, 0) is 19.1 Å². The Balaban J connectivity index is 2.39. The quantitative estimate of drug-likeness (QED) is 0.851. The van der Waals surface area contributed by atoms with E-state index < -0.39 is 5.82 Å². The minimum absolute atomic E-state index is 0.0122. The van der Waals surface area contributed by atoms with Crippen molar-refractivity contribution in [3.8, 4) is 0 Å². The molecule has 0 aliphatic heterocycles. The highest BCUT2D eigenvalue weighted by Crippen LogP contribution is 2.34. The van der Waals surface area contributed by atoms with Crippen LogP contribution in [0.15, 0.2) is 36.4 Å². The Hall–Kier alpha value is -1.81. The van der Waals surface area contributed by atoms with E-state index in [0.29, 0.717) is 11.3 Å². The number of nitrogens with two attached hydrogens (primary N) is 1. The highest BCUT2D eigenvalue weighted by Gasteiger charge is 2.18. The third kappa shape index (κ3) is 2.70. The lowest BCUT2D eigenvalue weighted by atomic mass is 10.1. The van der Waals surface area contributed by atoms with Crippen LogP contribution < -0.4 is 10.6 Å². The SMILES string of the molecule is CC(c1ccccc1F)N(C)c1cc(Cl)c(F)cc1N. The Bertz CT molecular complexity index is 631. The first-order valence-corrected chi connectivity index (χ1v) is 6.51. The average Bonchev–Trinajstić information content (AvgIpc) is 2.42. The molecule has 0 amide bonds. The second-order valence-corrected chi connectivity index (χ2v) is 5.04. The van der Waals surface area contributed by atoms with E-state index in [2.05, 4.69) is 0 Å². The second kappa shape index (κ2) is 5.67. The molecule has 0 saturated heterocycles. The summed E-state index contributed by atoms with van der Waals surface area (Å²) in [6.45, 7) is 1.84. The molecule has 1 atom stereocenters. The van der Waals surface area contributed by atoms with Crippen LogP contribution in [0.4, 0.5) is 20.2 Å². The van der Waals surface area contributed by atoms with Crippen LogP contribution in [0.1, 0.15) is 18.5 Å². The fourth-order valence-corrected chi connectivity index (χ4v) is 2.25. The minimum atomic E-state index is -0.570. The van der Waals surface area contributed by atoms with Crippen molar-refractivity contribution in [1.29, 1.82) is 0 Å². The predicted octanol–water partition coefficient (Wildman–Crippen LogP) is 4.40. The van der Waals surface area contributed by atoms with Crippen LogP contribution in [0.2, 0.25) is 5.02 Å². The van der Waals surface area contributed by atoms with Crippen molar-refractivity contribution in [3.05, 3.63) is 58.6 Å². The van der Waals surface area contributed by atoms with Crippen LogP contribution in [0.3, 0.4) is 0 Å². The maximum atomic E-state index is 13.8. The topological polar surface area (TPSA) is 29.3 Å². The predicted molar refractivity (Wildman–Crippen MR) is 79.0 cm³/mol. The summed E-state index contributed by atoms with van der Waals surface area (Å²) in [6.07, 6.45) is 0. The van der Waals surface area contributed by atoms with Gasteiger partial charge in [-0.1, -0.05) is 29.8 Å². The van der Waals surface area contributed by atoms with E-state index in [9.17, 15) is 8.78 Å². The number of halogens is 3. The molecule has 20 heavy (non-hydrogen) atoms. The zero-order chi connectivity index (χ0) is 14.9. The summed E-state index contributed by atoms with van der Waals surface area (Å²) in [7, 11) is 1.76. The molecule has 106 valence electrons. The Morgan fingerprint density at radius 1 is 1.15 bits per heavy atom. The summed E-state index contributed by atoms with van der Waals surface area (Å²) >= 11 is 5.78. The molecule has 2 nitrogen and oxygen atoms in total. The molecule has 0 heterocycles. The molecule has 2 aromatic rings. The molecule has 2 aromatic carbocycles. The third-order valence-corrected chi connectivity index (χ3v) is 3.68. The molecule has 0 spiro atoms. The normalized spacial score (nSPS) is 12.2. The van der Waals surface area contributed by atoms with Crippen molar-refractivity contribution >= 4 is 23.0 Å². The first-order valence-electron chi connectivity index (χ1n) is 6.13. The van der Waals surface area contributed by atoms with Crippen molar-refractivity contribution in [2.45, 2.75) is 13.0 Å². The number of nitrogens with zero attached hydrogens (tertiary/aromatic N) is 1. The molecule has 0 saturated carbocycles. The zero-order valence-electron chi connectivity index (χ0n) is 11.2. The van der Waals surface area contributed by atoms with Crippen molar-refractivity contribution in [1.82, 2.24) is 0 Å². The van der Waals surface area contributed by atoms with Crippen molar-refractivity contribution in [3.63, 3.8) is 0 Å². The van der Waals surface area contributed by atoms with Gasteiger partial charge in [0, 0.05) is 18.7 Å². The summed E-state index contributed by atoms with van der Waals surface area (Å²) in [5.74, 6) is -0.863. The molecule has 2 N–H and O–H groups in total. The van der Waals surface area contributed by atoms with Gasteiger partial charge in [-0.3, -0.25) is 0 Å². The minimum Gasteiger partial charge on any atom is -0.397 e. The standard InChI is InChI=1S/C15H15ClF2N2/c1-9(10-5-3-4-6-12(10)17)20(2)15-7-11(16)13(18)8-14(15)19/h3-9H,19H2,1-2H3. The fraction of sp³-hybridized carbons (Fsp3) is 0.200. The van der Waals surface area contributed by atoms with E-state index in [1.807, 2.05) is 6.92 Å². The smallest absolute Gasteiger partial charge is 0.143 e. The monoisotopic (exact) mass is 296 g/mol. The van der Waals surface area contributed by atoms with E-state index in [1.54, 1.807) is 30.1 Å². The Morgan fingerprint density at radius 2 is 1.80 bits per heavy atom. The van der Waals surface area contributed by atoms with E-state index in [-0.39, 0.29) is 22.6 Å². The van der Waals surface area contributed by atoms with E-state index >= 15 is 0 Å². The third-order valence-electron chi connectivity index (χ3n) is 3.39. The summed E-state index contributed by atoms with van der Waals surface area (Å²) in [4.78, 5) is 1.76. The van der Waals surface area contributed by atoms with Crippen LogP contribution in [-0.2, 0) is 0 Å². The van der Waals surface area contributed by atoms with Gasteiger partial charge < -0.3 is 10.6 Å². The van der Waals surface area contributed by atoms with Crippen LogP contribution >= 0.6 is 11.6 Å². The molecule has 0 aromatic heterocycles. The number of anilines is 2. The highest BCUT2D eigenvalue weighted by atomic mass is 35.5. The lowest BCUT2D eigenvalue weighted by Crippen LogP contribution is -2.23. The van der Waals surface area contributed by atoms with Crippen LogP contribution in [-0.4, -0.2) is 7.05 Å². The molecule has 2 rings (SSSR count). The first kappa shape index (κ1) is 14.6. The summed E-state index contributed by atoms with van der Waals surface area (Å²) < 4.78 is 27.1. The highest BCUT2D eigenvalue weighted by molar-refractivity contribution is 6.31. The fourth-order valence-electron chi connectivity index (χ4n) is 2.09. The van der Waals surface area contributed by atoms with Gasteiger partial charge in [0.1, 0.15) is 11.6 Å². The van der Waals surface area contributed by atoms with E-state index in [0.717, 1.165) is 0 Å². The van der Waals surface area contributed by atoms with Crippen LogP contribution in [0.25, 0.3) is 0 Å². The van der Waals surface area contributed by atoms with Gasteiger partial charge in [-0.25, -0.2) is 8.78 Å². The van der Waals surface area contributed by atoms with Gasteiger partial charge in [0.15, 0.2) is 0 Å². The van der Waals surface area contributed by atoms with Gasteiger partial charge in [0.25, 0.3) is 0 Å². The maximum absolute atomic E-state index is 13.8. The molecular weight excluding hydrogens is 282 g/mol. The summed E-state index contributed by atoms with van der Waals surface area (Å²) in [6, 6.07) is 8.86. The van der Waals surface area contributed by atoms with E-state index in [1.165, 1.54) is 18.2 Å². The number of hydrogen-bond acceptors (Lipinski definition) is 2. The largest absolute Gasteiger partial charge is 0.397 e. The molecule has 0 fully saturated rings. The molecular formula is C15H15ClF2N2. The molecule has 0 bridgehead atoms. The number of hydrogen-bond donors (Lipinski definition) is 1. The van der Waals surface area contributed by atoms with Gasteiger partial charge in [0.2, 0.25) is 0 Å². The van der Waals surface area contributed by atoms with Crippen molar-refractivity contribution < 1.29 is 8.78 Å². The van der Waals surface area contributed by atoms with Crippen molar-refractivity contribution in [2.75, 3.05) is 17.7 Å². The number of nitrogen functional groups attached to an aromatic ring is 1. The maximum Gasteiger partial charge on any atom is 0.143 e. The molecule has 5 heteroatoms. The van der Waals surface area contributed by atoms with E-state index in [4.69, 9.17) is 17.3 Å². The molecule has 0 radical (unpaired) electrons. The molecule has 0 aliphatic rings. The zero-order valence-corrected chi connectivity index (χ0v) is 12.0. The molecule has 1 unspecified atom stereocenters. The van der Waals surface area contributed by atoms with Crippen molar-refractivity contribution in [2.24, 2.45) is 0 Å². The van der Waals surface area contributed by atoms with Crippen LogP contribution in [0.5, 0.6) is 0 Å². The summed E-state index contributed by atoms with van der Waals surface area (Å²) in [5.41, 5.74) is 7.17. The Labute approximate surface area is 121 Å². The number of rotatable bonds is 3. The van der Waals surface area contributed by atoms with Gasteiger partial charge in [-0.15, -0.1) is 0 Å². The van der Waals surface area contributed by atoms with Crippen LogP contribution in [0, 0.1) is 11.6 Å². The van der Waals surface area contributed by atoms with Gasteiger partial charge >= 0.3 is 0 Å². The van der Waals surface area contributed by atoms with Gasteiger partial charge in [0.05, 0.1) is 22.4 Å².